The van der Waals surface area contributed by atoms with Gasteiger partial charge >= 0.3 is 0 Å². The fourth-order valence-corrected chi connectivity index (χ4v) is 5.16. The summed E-state index contributed by atoms with van der Waals surface area (Å²) in [6.07, 6.45) is 0. The van der Waals surface area contributed by atoms with E-state index in [0.717, 1.165) is 23.2 Å². The molecule has 2 heterocycles. The Bertz CT molecular complexity index is 1140. The van der Waals surface area contributed by atoms with E-state index < -0.39 is 0 Å². The van der Waals surface area contributed by atoms with Crippen molar-refractivity contribution in [2.45, 2.75) is 0 Å². The van der Waals surface area contributed by atoms with Gasteiger partial charge in [0.2, 0.25) is 0 Å². The van der Waals surface area contributed by atoms with Gasteiger partial charge in [0.25, 0.3) is 11.8 Å². The Balaban J connectivity index is 1.57. The Labute approximate surface area is 193 Å². The van der Waals surface area contributed by atoms with E-state index in [9.17, 15) is 9.59 Å². The fourth-order valence-electron chi connectivity index (χ4n) is 3.31. The maximum Gasteiger partial charge on any atom is 0.267 e. The number of fused-ring (bicyclic) bond motifs is 1. The summed E-state index contributed by atoms with van der Waals surface area (Å²) in [5, 5.41) is 4.84. The maximum absolute atomic E-state index is 12.9. The van der Waals surface area contributed by atoms with Gasteiger partial charge in [0.15, 0.2) is 0 Å². The highest BCUT2D eigenvalue weighted by atomic mass is 35.5. The molecule has 1 aromatic heterocycles. The first-order valence-electron chi connectivity index (χ1n) is 9.30. The van der Waals surface area contributed by atoms with Gasteiger partial charge in [-0.2, -0.15) is 0 Å². The zero-order chi connectivity index (χ0) is 21.4. The van der Waals surface area contributed by atoms with Gasteiger partial charge in [-0.25, -0.2) is 0 Å². The Hall–Kier alpha value is -1.83. The van der Waals surface area contributed by atoms with Crippen LogP contribution in [0, 0.1) is 0 Å². The van der Waals surface area contributed by atoms with Crippen LogP contribution in [-0.4, -0.2) is 54.8 Å². The van der Waals surface area contributed by atoms with Crippen molar-refractivity contribution in [3.05, 3.63) is 61.9 Å². The lowest BCUT2D eigenvalue weighted by Gasteiger charge is -2.32. The lowest BCUT2D eigenvalue weighted by molar-refractivity contribution is 0.0664. The molecule has 1 aliphatic rings. The average molecular weight is 483 g/mol. The van der Waals surface area contributed by atoms with E-state index in [2.05, 4.69) is 10.2 Å². The Morgan fingerprint density at radius 1 is 1.00 bits per heavy atom. The van der Waals surface area contributed by atoms with Crippen molar-refractivity contribution in [1.29, 1.82) is 0 Å². The van der Waals surface area contributed by atoms with Crippen LogP contribution in [0.4, 0.5) is 5.69 Å². The van der Waals surface area contributed by atoms with Crippen LogP contribution in [0.25, 0.3) is 10.1 Å². The molecule has 0 radical (unpaired) electrons. The van der Waals surface area contributed by atoms with E-state index in [1.54, 1.807) is 41.3 Å². The third-order valence-corrected chi connectivity index (χ3v) is 7.27. The monoisotopic (exact) mass is 481 g/mol. The number of nitrogens with zero attached hydrogens (tertiary/aromatic N) is 2. The highest BCUT2D eigenvalue weighted by Crippen LogP contribution is 2.37. The van der Waals surface area contributed by atoms with Crippen molar-refractivity contribution in [2.75, 3.05) is 38.5 Å². The third kappa shape index (κ3) is 4.29. The third-order valence-electron chi connectivity index (χ3n) is 5.05. The summed E-state index contributed by atoms with van der Waals surface area (Å²) in [4.78, 5) is 30.1. The second kappa shape index (κ2) is 8.73. The largest absolute Gasteiger partial charge is 0.336 e. The number of nitrogens with one attached hydrogen (secondary N) is 1. The predicted octanol–water partition coefficient (Wildman–Crippen LogP) is 5.50. The quantitative estimate of drug-likeness (QED) is 0.536. The van der Waals surface area contributed by atoms with Crippen LogP contribution in [0.15, 0.2) is 36.4 Å². The molecular formula is C21H18Cl3N3O2S. The minimum atomic E-state index is -0.386. The van der Waals surface area contributed by atoms with Crippen LogP contribution < -0.4 is 5.32 Å². The number of thiophene rings is 1. The highest BCUT2D eigenvalue weighted by molar-refractivity contribution is 7.21. The van der Waals surface area contributed by atoms with Gasteiger partial charge in [0.05, 0.1) is 15.7 Å². The number of halogens is 3. The van der Waals surface area contributed by atoms with Crippen LogP contribution in [-0.2, 0) is 0 Å². The summed E-state index contributed by atoms with van der Waals surface area (Å²) in [6, 6.07) is 10.2. The van der Waals surface area contributed by atoms with Crippen molar-refractivity contribution in [3.8, 4) is 0 Å². The molecule has 0 unspecified atom stereocenters. The van der Waals surface area contributed by atoms with Crippen LogP contribution in [0.3, 0.4) is 0 Å². The summed E-state index contributed by atoms with van der Waals surface area (Å²) in [6.45, 7) is 2.99. The number of carbonyl (C=O) groups excluding carboxylic acids is 2. The van der Waals surface area contributed by atoms with Crippen molar-refractivity contribution in [2.24, 2.45) is 0 Å². The molecule has 1 fully saturated rings. The fraction of sp³-hybridized carbons (Fsp3) is 0.238. The second-order valence-electron chi connectivity index (χ2n) is 7.13. The van der Waals surface area contributed by atoms with Gasteiger partial charge in [-0.3, -0.25) is 9.59 Å². The van der Waals surface area contributed by atoms with Gasteiger partial charge in [0.1, 0.15) is 4.88 Å². The number of amides is 2. The first-order valence-corrected chi connectivity index (χ1v) is 11.2. The average Bonchev–Trinajstić information content (AvgIpc) is 3.05. The molecule has 0 saturated carbocycles. The standard InChI is InChI=1S/C21H18Cl3N3O2S/c1-26-6-8-27(9-7-26)21(29)12-2-5-15(23)16(10-12)25-20(28)19-18(24)14-4-3-13(22)11-17(14)30-19/h2-5,10-11H,6-9H2,1H3,(H,25,28). The first-order chi connectivity index (χ1) is 14.3. The molecule has 156 valence electrons. The molecule has 5 nitrogen and oxygen atoms in total. The number of rotatable bonds is 3. The van der Waals surface area contributed by atoms with E-state index >= 15 is 0 Å². The number of anilines is 1. The Morgan fingerprint density at radius 3 is 2.47 bits per heavy atom. The molecule has 1 N–H and O–H groups in total. The van der Waals surface area contributed by atoms with Crippen molar-refractivity contribution < 1.29 is 9.59 Å². The molecule has 30 heavy (non-hydrogen) atoms. The molecule has 3 aromatic rings. The minimum absolute atomic E-state index is 0.0789. The number of carbonyl (C=O) groups is 2. The predicted molar refractivity (Wildman–Crippen MR) is 125 cm³/mol. The molecule has 9 heteroatoms. The summed E-state index contributed by atoms with van der Waals surface area (Å²) >= 11 is 20.0. The molecule has 1 aliphatic heterocycles. The second-order valence-corrected chi connectivity index (χ2v) is 9.40. The molecule has 0 aliphatic carbocycles. The lowest BCUT2D eigenvalue weighted by atomic mass is 10.1. The number of likely N-dealkylation sites (N-methyl/N-ethyl adjacent to an activating group) is 1. The molecule has 2 aromatic carbocycles. The summed E-state index contributed by atoms with van der Waals surface area (Å²) < 4.78 is 0.822. The highest BCUT2D eigenvalue weighted by Gasteiger charge is 2.22. The van der Waals surface area contributed by atoms with Crippen molar-refractivity contribution in [3.63, 3.8) is 0 Å². The zero-order valence-electron chi connectivity index (χ0n) is 16.0. The topological polar surface area (TPSA) is 52.6 Å². The SMILES string of the molecule is CN1CCN(C(=O)c2ccc(Cl)c(NC(=O)c3sc4cc(Cl)ccc4c3Cl)c2)CC1. The van der Waals surface area contributed by atoms with E-state index in [4.69, 9.17) is 34.8 Å². The summed E-state index contributed by atoms with van der Waals surface area (Å²) in [5.41, 5.74) is 0.849. The molecule has 0 spiro atoms. The van der Waals surface area contributed by atoms with Crippen LogP contribution in [0.2, 0.25) is 15.1 Å². The minimum Gasteiger partial charge on any atom is -0.336 e. The normalized spacial score (nSPS) is 14.9. The van der Waals surface area contributed by atoms with E-state index in [-0.39, 0.29) is 11.8 Å². The summed E-state index contributed by atoms with van der Waals surface area (Å²) in [7, 11) is 2.03. The molecular weight excluding hydrogens is 465 g/mol. The Kier molecular flexibility index (Phi) is 6.23. The molecule has 0 bridgehead atoms. The van der Waals surface area contributed by atoms with Crippen molar-refractivity contribution >= 4 is 73.7 Å². The Morgan fingerprint density at radius 2 is 1.73 bits per heavy atom. The molecule has 2 amide bonds. The van der Waals surface area contributed by atoms with Gasteiger partial charge < -0.3 is 15.1 Å². The number of hydrogen-bond donors (Lipinski definition) is 1. The number of hydrogen-bond acceptors (Lipinski definition) is 4. The lowest BCUT2D eigenvalue weighted by Crippen LogP contribution is -2.47. The van der Waals surface area contributed by atoms with Gasteiger partial charge in [-0.15, -0.1) is 11.3 Å². The van der Waals surface area contributed by atoms with Crippen LogP contribution in [0.5, 0.6) is 0 Å². The number of benzene rings is 2. The van der Waals surface area contributed by atoms with E-state index in [1.165, 1.54) is 11.3 Å². The first kappa shape index (κ1) is 21.4. The zero-order valence-corrected chi connectivity index (χ0v) is 19.1. The smallest absolute Gasteiger partial charge is 0.267 e. The van der Waals surface area contributed by atoms with E-state index in [1.807, 2.05) is 7.05 Å². The summed E-state index contributed by atoms with van der Waals surface area (Å²) in [5.74, 6) is -0.465. The molecule has 4 rings (SSSR count). The van der Waals surface area contributed by atoms with Crippen LogP contribution in [0.1, 0.15) is 20.0 Å². The van der Waals surface area contributed by atoms with Crippen molar-refractivity contribution in [1.82, 2.24) is 9.80 Å². The van der Waals surface area contributed by atoms with Gasteiger partial charge in [-0.1, -0.05) is 40.9 Å². The van der Waals surface area contributed by atoms with E-state index in [0.29, 0.717) is 44.3 Å². The number of piperazine rings is 1. The molecule has 1 saturated heterocycles. The molecule has 0 atom stereocenters. The maximum atomic E-state index is 12.9. The van der Waals surface area contributed by atoms with Gasteiger partial charge in [0, 0.05) is 46.9 Å². The van der Waals surface area contributed by atoms with Crippen LogP contribution >= 0.6 is 46.1 Å². The van der Waals surface area contributed by atoms with Gasteiger partial charge in [-0.05, 0) is 37.4 Å².